The maximum Gasteiger partial charge on any atom is 0.387 e. The summed E-state index contributed by atoms with van der Waals surface area (Å²) in [7, 11) is 0. The molecule has 2 rings (SSSR count). The van der Waals surface area contributed by atoms with Gasteiger partial charge < -0.3 is 14.2 Å². The minimum absolute atomic E-state index is 0.0271. The highest BCUT2D eigenvalue weighted by molar-refractivity contribution is 6.31. The van der Waals surface area contributed by atoms with E-state index < -0.39 is 24.1 Å². The van der Waals surface area contributed by atoms with E-state index in [9.17, 15) is 17.6 Å². The van der Waals surface area contributed by atoms with Crippen LogP contribution in [0.4, 0.5) is 17.6 Å². The number of ether oxygens (including phenoxy) is 3. The molecule has 0 aliphatic heterocycles. The van der Waals surface area contributed by atoms with Crippen molar-refractivity contribution >= 4 is 23.2 Å². The molecular weight excluding hydrogens is 459 g/mol. The molecule has 0 heterocycles. The van der Waals surface area contributed by atoms with E-state index in [0.717, 1.165) is 0 Å². The first-order valence-electron chi connectivity index (χ1n) is 9.39. The number of rotatable bonds is 10. The SMILES string of the molecule is CC(C)(COCC(C)(C)c1ccc(Cl)cc1OC(F)F)c1ccc(Cl)cc1OC(F)F. The number of benzene rings is 2. The lowest BCUT2D eigenvalue weighted by atomic mass is 9.83. The zero-order valence-electron chi connectivity index (χ0n) is 17.5. The molecule has 0 spiro atoms. The second-order valence-corrected chi connectivity index (χ2v) is 9.17. The van der Waals surface area contributed by atoms with Crippen molar-refractivity contribution in [3.63, 3.8) is 0 Å². The monoisotopic (exact) mass is 482 g/mol. The van der Waals surface area contributed by atoms with E-state index in [1.54, 1.807) is 24.3 Å². The minimum Gasteiger partial charge on any atom is -0.434 e. The Labute approximate surface area is 189 Å². The molecule has 0 fully saturated rings. The lowest BCUT2D eigenvalue weighted by molar-refractivity contribution is -0.0515. The van der Waals surface area contributed by atoms with Crippen LogP contribution in [0.2, 0.25) is 10.0 Å². The molecule has 9 heteroatoms. The molecular formula is C22H24Cl2F4O3. The van der Waals surface area contributed by atoms with E-state index in [1.807, 2.05) is 27.7 Å². The zero-order chi connectivity index (χ0) is 23.4. The lowest BCUT2D eigenvalue weighted by Gasteiger charge is -2.31. The van der Waals surface area contributed by atoms with Crippen LogP contribution in [-0.4, -0.2) is 26.4 Å². The summed E-state index contributed by atoms with van der Waals surface area (Å²) in [6, 6.07) is 9.06. The third-order valence-electron chi connectivity index (χ3n) is 4.70. The predicted octanol–water partition coefficient (Wildman–Crippen LogP) is 7.47. The Kier molecular flexibility index (Phi) is 8.47. The van der Waals surface area contributed by atoms with Crippen LogP contribution >= 0.6 is 23.2 Å². The van der Waals surface area contributed by atoms with Crippen LogP contribution in [0.3, 0.4) is 0 Å². The molecule has 0 saturated heterocycles. The molecule has 31 heavy (non-hydrogen) atoms. The first-order valence-corrected chi connectivity index (χ1v) is 10.1. The van der Waals surface area contributed by atoms with Crippen molar-refractivity contribution in [3.05, 3.63) is 57.6 Å². The van der Waals surface area contributed by atoms with Crippen LogP contribution in [0.1, 0.15) is 38.8 Å². The van der Waals surface area contributed by atoms with Gasteiger partial charge >= 0.3 is 13.2 Å². The summed E-state index contributed by atoms with van der Waals surface area (Å²) in [4.78, 5) is 0. The molecule has 3 nitrogen and oxygen atoms in total. The maximum absolute atomic E-state index is 12.8. The molecule has 0 aliphatic carbocycles. The van der Waals surface area contributed by atoms with Gasteiger partial charge in [-0.3, -0.25) is 0 Å². The molecule has 0 radical (unpaired) electrons. The fourth-order valence-electron chi connectivity index (χ4n) is 3.21. The average molecular weight is 483 g/mol. The molecule has 0 amide bonds. The third kappa shape index (κ3) is 7.16. The minimum atomic E-state index is -2.99. The first kappa shape index (κ1) is 25.6. The molecule has 172 valence electrons. The average Bonchev–Trinajstić information content (AvgIpc) is 2.59. The van der Waals surface area contributed by atoms with E-state index in [1.165, 1.54) is 12.1 Å². The summed E-state index contributed by atoms with van der Waals surface area (Å²) >= 11 is 11.8. The Balaban J connectivity index is 2.17. The quantitative estimate of drug-likeness (QED) is 0.328. The van der Waals surface area contributed by atoms with Crippen molar-refractivity contribution in [1.82, 2.24) is 0 Å². The van der Waals surface area contributed by atoms with E-state index in [2.05, 4.69) is 9.47 Å². The van der Waals surface area contributed by atoms with Gasteiger partial charge in [0.05, 0.1) is 13.2 Å². The Morgan fingerprint density at radius 3 is 1.39 bits per heavy atom. The predicted molar refractivity (Wildman–Crippen MR) is 113 cm³/mol. The van der Waals surface area contributed by atoms with Gasteiger partial charge in [-0.1, -0.05) is 63.0 Å². The van der Waals surface area contributed by atoms with Crippen molar-refractivity contribution in [3.8, 4) is 11.5 Å². The topological polar surface area (TPSA) is 27.7 Å². The molecule has 2 aromatic rings. The number of hydrogen-bond acceptors (Lipinski definition) is 3. The summed E-state index contributed by atoms with van der Waals surface area (Å²) in [6.07, 6.45) is 0. The highest BCUT2D eigenvalue weighted by Gasteiger charge is 2.30. The third-order valence-corrected chi connectivity index (χ3v) is 5.17. The summed E-state index contributed by atoms with van der Waals surface area (Å²) in [5.41, 5.74) is -0.396. The van der Waals surface area contributed by atoms with Gasteiger partial charge in [0.1, 0.15) is 11.5 Å². The molecule has 2 aromatic carbocycles. The lowest BCUT2D eigenvalue weighted by Crippen LogP contribution is -2.31. The van der Waals surface area contributed by atoms with E-state index in [0.29, 0.717) is 11.1 Å². The van der Waals surface area contributed by atoms with Crippen LogP contribution in [-0.2, 0) is 15.6 Å². The fourth-order valence-corrected chi connectivity index (χ4v) is 3.54. The van der Waals surface area contributed by atoms with Crippen molar-refractivity contribution in [2.75, 3.05) is 13.2 Å². The Bertz CT molecular complexity index is 818. The van der Waals surface area contributed by atoms with Gasteiger partial charge in [0, 0.05) is 32.0 Å². The molecule has 0 N–H and O–H groups in total. The normalized spacial score (nSPS) is 12.5. The van der Waals surface area contributed by atoms with Gasteiger partial charge in [0.25, 0.3) is 0 Å². The van der Waals surface area contributed by atoms with Crippen molar-refractivity contribution < 1.29 is 31.8 Å². The Hall–Kier alpha value is -1.70. The van der Waals surface area contributed by atoms with Gasteiger partial charge in [-0.05, 0) is 24.3 Å². The van der Waals surface area contributed by atoms with Crippen molar-refractivity contribution in [1.29, 1.82) is 0 Å². The summed E-state index contributed by atoms with van der Waals surface area (Å²) in [5, 5.41) is 0.540. The second kappa shape index (κ2) is 10.3. The molecule has 0 bridgehead atoms. The van der Waals surface area contributed by atoms with Gasteiger partial charge in [-0.2, -0.15) is 17.6 Å². The molecule has 0 unspecified atom stereocenters. The van der Waals surface area contributed by atoms with Crippen LogP contribution in [0.15, 0.2) is 36.4 Å². The van der Waals surface area contributed by atoms with E-state index in [4.69, 9.17) is 27.9 Å². The number of alkyl halides is 4. The van der Waals surface area contributed by atoms with Gasteiger partial charge in [-0.25, -0.2) is 0 Å². The highest BCUT2D eigenvalue weighted by Crippen LogP contribution is 2.37. The Morgan fingerprint density at radius 2 is 1.06 bits per heavy atom. The zero-order valence-corrected chi connectivity index (χ0v) is 19.0. The van der Waals surface area contributed by atoms with Gasteiger partial charge in [0.15, 0.2) is 0 Å². The van der Waals surface area contributed by atoms with Crippen LogP contribution in [0.5, 0.6) is 11.5 Å². The highest BCUT2D eigenvalue weighted by atomic mass is 35.5. The largest absolute Gasteiger partial charge is 0.434 e. The summed E-state index contributed by atoms with van der Waals surface area (Å²) < 4.78 is 66.3. The molecule has 0 aromatic heterocycles. The van der Waals surface area contributed by atoms with E-state index >= 15 is 0 Å². The fraction of sp³-hybridized carbons (Fsp3) is 0.455. The van der Waals surface area contributed by atoms with Crippen LogP contribution in [0.25, 0.3) is 0 Å². The van der Waals surface area contributed by atoms with Gasteiger partial charge in [0.2, 0.25) is 0 Å². The van der Waals surface area contributed by atoms with Crippen LogP contribution in [0, 0.1) is 0 Å². The first-order chi connectivity index (χ1) is 14.3. The molecule has 0 atom stereocenters. The second-order valence-electron chi connectivity index (χ2n) is 8.30. The van der Waals surface area contributed by atoms with Crippen molar-refractivity contribution in [2.24, 2.45) is 0 Å². The molecule has 0 aliphatic rings. The van der Waals surface area contributed by atoms with Gasteiger partial charge in [-0.15, -0.1) is 0 Å². The number of hydrogen-bond donors (Lipinski definition) is 0. The summed E-state index contributed by atoms with van der Waals surface area (Å²) in [5.74, 6) is -0.0543. The standard InChI is InChI=1S/C22H24Cl2F4O3/c1-21(2,15-7-5-13(23)9-17(15)30-19(25)26)11-29-12-22(3,4)16-8-6-14(24)10-18(16)31-20(27)28/h5-10,19-20H,11-12H2,1-4H3. The summed E-state index contributed by atoms with van der Waals surface area (Å²) in [6.45, 7) is 1.57. The molecule has 0 saturated carbocycles. The van der Waals surface area contributed by atoms with E-state index in [-0.39, 0.29) is 34.8 Å². The number of halogens is 6. The van der Waals surface area contributed by atoms with Crippen LogP contribution < -0.4 is 9.47 Å². The van der Waals surface area contributed by atoms with Crippen molar-refractivity contribution in [2.45, 2.75) is 51.7 Å². The smallest absolute Gasteiger partial charge is 0.387 e. The maximum atomic E-state index is 12.8. The Morgan fingerprint density at radius 1 is 0.710 bits per heavy atom.